The van der Waals surface area contributed by atoms with Crippen LogP contribution in [0.3, 0.4) is 0 Å². The van der Waals surface area contributed by atoms with Gasteiger partial charge in [0.15, 0.2) is 0 Å². The maximum absolute atomic E-state index is 10.2. The third kappa shape index (κ3) is 5.59. The number of nitrogens with one attached hydrogen (secondary N) is 1. The summed E-state index contributed by atoms with van der Waals surface area (Å²) in [6.07, 6.45) is 0.541. The van der Waals surface area contributed by atoms with Crippen molar-refractivity contribution in [3.63, 3.8) is 0 Å². The first kappa shape index (κ1) is 16.0. The van der Waals surface area contributed by atoms with Crippen LogP contribution in [0.1, 0.15) is 23.7 Å². The van der Waals surface area contributed by atoms with Crippen LogP contribution < -0.4 is 10.1 Å². The molecule has 2 N–H and O–H groups in total. The monoisotopic (exact) mass is 266 g/mol. The van der Waals surface area contributed by atoms with E-state index in [1.807, 2.05) is 25.1 Å². The number of aryl methyl sites for hydroxylation is 1. The number of hydrogen-bond acceptors (Lipinski definition) is 4. The molecule has 0 saturated heterocycles. The van der Waals surface area contributed by atoms with E-state index < -0.39 is 6.10 Å². The van der Waals surface area contributed by atoms with Gasteiger partial charge in [0.2, 0.25) is 0 Å². The SMILES string of the molecule is COc1ccc(C)cc1C(O)CNCCCN(C)C. The Morgan fingerprint density at radius 3 is 2.74 bits per heavy atom. The van der Waals surface area contributed by atoms with Gasteiger partial charge in [0.1, 0.15) is 5.75 Å². The van der Waals surface area contributed by atoms with Crippen LogP contribution in [0, 0.1) is 6.92 Å². The molecule has 1 atom stereocenters. The summed E-state index contributed by atoms with van der Waals surface area (Å²) in [7, 11) is 5.75. The molecule has 0 bridgehead atoms. The number of hydrogen-bond donors (Lipinski definition) is 2. The van der Waals surface area contributed by atoms with Crippen LogP contribution in [0.2, 0.25) is 0 Å². The summed E-state index contributed by atoms with van der Waals surface area (Å²) in [6, 6.07) is 5.87. The molecule has 1 aromatic rings. The maximum atomic E-state index is 10.2. The predicted octanol–water partition coefficient (Wildman–Crippen LogP) is 1.58. The number of rotatable bonds is 8. The first-order valence-electron chi connectivity index (χ1n) is 6.72. The van der Waals surface area contributed by atoms with E-state index >= 15 is 0 Å². The Labute approximate surface area is 116 Å². The Morgan fingerprint density at radius 1 is 1.37 bits per heavy atom. The zero-order chi connectivity index (χ0) is 14.3. The van der Waals surface area contributed by atoms with Gasteiger partial charge in [-0.15, -0.1) is 0 Å². The van der Waals surface area contributed by atoms with Crippen molar-refractivity contribution in [3.8, 4) is 5.75 Å². The molecule has 0 aliphatic carbocycles. The molecule has 4 nitrogen and oxygen atoms in total. The second-order valence-electron chi connectivity index (χ2n) is 5.12. The normalized spacial score (nSPS) is 12.7. The van der Waals surface area contributed by atoms with Crippen LogP contribution in [0.5, 0.6) is 5.75 Å². The highest BCUT2D eigenvalue weighted by atomic mass is 16.5. The number of ether oxygens (including phenoxy) is 1. The van der Waals surface area contributed by atoms with Crippen LogP contribution in [0.4, 0.5) is 0 Å². The first-order chi connectivity index (χ1) is 9.04. The minimum Gasteiger partial charge on any atom is -0.496 e. The lowest BCUT2D eigenvalue weighted by Gasteiger charge is -2.16. The highest BCUT2D eigenvalue weighted by Gasteiger charge is 2.12. The summed E-state index contributed by atoms with van der Waals surface area (Å²) in [4.78, 5) is 2.15. The second kappa shape index (κ2) is 8.15. The Balaban J connectivity index is 2.44. The number of benzene rings is 1. The molecule has 4 heteroatoms. The van der Waals surface area contributed by atoms with Crippen molar-refractivity contribution in [1.29, 1.82) is 0 Å². The van der Waals surface area contributed by atoms with Gasteiger partial charge in [0.25, 0.3) is 0 Å². The van der Waals surface area contributed by atoms with E-state index in [1.165, 1.54) is 0 Å². The zero-order valence-electron chi connectivity index (χ0n) is 12.4. The van der Waals surface area contributed by atoms with Gasteiger partial charge in [0.05, 0.1) is 13.2 Å². The van der Waals surface area contributed by atoms with E-state index in [4.69, 9.17) is 4.74 Å². The second-order valence-corrected chi connectivity index (χ2v) is 5.12. The standard InChI is InChI=1S/C15H26N2O2/c1-12-6-7-15(19-4)13(10-12)14(18)11-16-8-5-9-17(2)3/h6-7,10,14,16,18H,5,8-9,11H2,1-4H3. The summed E-state index contributed by atoms with van der Waals surface area (Å²) in [5, 5.41) is 13.5. The lowest BCUT2D eigenvalue weighted by Crippen LogP contribution is -2.25. The lowest BCUT2D eigenvalue weighted by molar-refractivity contribution is 0.170. The van der Waals surface area contributed by atoms with Gasteiger partial charge >= 0.3 is 0 Å². The van der Waals surface area contributed by atoms with Crippen LogP contribution in [-0.4, -0.2) is 50.8 Å². The molecule has 1 aromatic carbocycles. The smallest absolute Gasteiger partial charge is 0.124 e. The van der Waals surface area contributed by atoms with Gasteiger partial charge in [-0.05, 0) is 52.7 Å². The third-order valence-electron chi connectivity index (χ3n) is 3.04. The first-order valence-corrected chi connectivity index (χ1v) is 6.72. The quantitative estimate of drug-likeness (QED) is 0.701. The molecular weight excluding hydrogens is 240 g/mol. The molecular formula is C15H26N2O2. The van der Waals surface area contributed by atoms with Crippen LogP contribution >= 0.6 is 0 Å². The summed E-state index contributed by atoms with van der Waals surface area (Å²) >= 11 is 0. The van der Waals surface area contributed by atoms with Gasteiger partial charge in [-0.3, -0.25) is 0 Å². The van der Waals surface area contributed by atoms with Gasteiger partial charge in [0, 0.05) is 12.1 Å². The molecule has 0 saturated carbocycles. The molecule has 0 spiro atoms. The van der Waals surface area contributed by atoms with Crippen LogP contribution in [-0.2, 0) is 0 Å². The molecule has 108 valence electrons. The van der Waals surface area contributed by atoms with Crippen LogP contribution in [0.15, 0.2) is 18.2 Å². The van der Waals surface area contributed by atoms with E-state index in [0.717, 1.165) is 36.4 Å². The summed E-state index contributed by atoms with van der Waals surface area (Å²) in [6.45, 7) is 4.52. The fourth-order valence-corrected chi connectivity index (χ4v) is 1.98. The molecule has 0 aliphatic rings. The summed E-state index contributed by atoms with van der Waals surface area (Å²) < 4.78 is 5.29. The highest BCUT2D eigenvalue weighted by Crippen LogP contribution is 2.25. The Hall–Kier alpha value is -1.10. The molecule has 1 rings (SSSR count). The number of aliphatic hydroxyl groups is 1. The van der Waals surface area contributed by atoms with Gasteiger partial charge in [-0.25, -0.2) is 0 Å². The number of nitrogens with zero attached hydrogens (tertiary/aromatic N) is 1. The predicted molar refractivity (Wildman–Crippen MR) is 78.7 cm³/mol. The van der Waals surface area contributed by atoms with Gasteiger partial charge in [-0.1, -0.05) is 11.6 Å². The fourth-order valence-electron chi connectivity index (χ4n) is 1.98. The van der Waals surface area contributed by atoms with E-state index in [1.54, 1.807) is 7.11 Å². The largest absolute Gasteiger partial charge is 0.496 e. The van der Waals surface area contributed by atoms with E-state index in [-0.39, 0.29) is 0 Å². The van der Waals surface area contributed by atoms with Crippen molar-refractivity contribution < 1.29 is 9.84 Å². The number of aliphatic hydroxyl groups excluding tert-OH is 1. The molecule has 0 radical (unpaired) electrons. The zero-order valence-corrected chi connectivity index (χ0v) is 12.4. The highest BCUT2D eigenvalue weighted by molar-refractivity contribution is 5.38. The molecule has 19 heavy (non-hydrogen) atoms. The van der Waals surface area contributed by atoms with Crippen molar-refractivity contribution in [2.24, 2.45) is 0 Å². The van der Waals surface area contributed by atoms with Crippen molar-refractivity contribution >= 4 is 0 Å². The average molecular weight is 266 g/mol. The maximum Gasteiger partial charge on any atom is 0.124 e. The molecule has 1 unspecified atom stereocenters. The minimum absolute atomic E-state index is 0.533. The molecule has 0 amide bonds. The molecule has 0 aliphatic heterocycles. The van der Waals surface area contributed by atoms with E-state index in [2.05, 4.69) is 24.3 Å². The van der Waals surface area contributed by atoms with Crippen molar-refractivity contribution in [3.05, 3.63) is 29.3 Å². The molecule has 0 aromatic heterocycles. The molecule has 0 fully saturated rings. The Kier molecular flexibility index (Phi) is 6.84. The fraction of sp³-hybridized carbons (Fsp3) is 0.600. The lowest BCUT2D eigenvalue weighted by atomic mass is 10.1. The van der Waals surface area contributed by atoms with Crippen LogP contribution in [0.25, 0.3) is 0 Å². The molecule has 0 heterocycles. The average Bonchev–Trinajstić information content (AvgIpc) is 2.37. The van der Waals surface area contributed by atoms with E-state index in [9.17, 15) is 5.11 Å². The van der Waals surface area contributed by atoms with Crippen molar-refractivity contribution in [2.75, 3.05) is 40.8 Å². The third-order valence-corrected chi connectivity index (χ3v) is 3.04. The Bertz CT molecular complexity index is 380. The van der Waals surface area contributed by atoms with Crippen molar-refractivity contribution in [1.82, 2.24) is 10.2 Å². The number of methoxy groups -OCH3 is 1. The van der Waals surface area contributed by atoms with Crippen molar-refractivity contribution in [2.45, 2.75) is 19.4 Å². The Morgan fingerprint density at radius 2 is 2.11 bits per heavy atom. The topological polar surface area (TPSA) is 44.7 Å². The minimum atomic E-state index is -0.533. The van der Waals surface area contributed by atoms with Gasteiger partial charge < -0.3 is 20.1 Å². The summed E-state index contributed by atoms with van der Waals surface area (Å²) in [5.41, 5.74) is 1.98. The van der Waals surface area contributed by atoms with Gasteiger partial charge in [-0.2, -0.15) is 0 Å². The van der Waals surface area contributed by atoms with E-state index in [0.29, 0.717) is 6.54 Å². The summed E-state index contributed by atoms with van der Waals surface area (Å²) in [5.74, 6) is 0.744.